The highest BCUT2D eigenvalue weighted by Crippen LogP contribution is 2.48. The van der Waals surface area contributed by atoms with E-state index in [9.17, 15) is 14.4 Å². The highest BCUT2D eigenvalue weighted by Gasteiger charge is 2.57. The lowest BCUT2D eigenvalue weighted by Crippen LogP contribution is -2.71. The van der Waals surface area contributed by atoms with Crippen LogP contribution in [0.3, 0.4) is 0 Å². The zero-order valence-corrected chi connectivity index (χ0v) is 23.0. The number of carbonyl (C=O) groups excluding carboxylic acids is 3. The monoisotopic (exact) mass is 547 g/mol. The first kappa shape index (κ1) is 24.7. The molecule has 3 amide bonds. The normalized spacial score (nSPS) is 26.9. The fourth-order valence-corrected chi connectivity index (χ4v) is 8.35. The van der Waals surface area contributed by atoms with Crippen molar-refractivity contribution in [2.75, 3.05) is 23.7 Å². The van der Waals surface area contributed by atoms with E-state index in [4.69, 9.17) is 0 Å². The van der Waals surface area contributed by atoms with Gasteiger partial charge in [-0.3, -0.25) is 14.4 Å². The van der Waals surface area contributed by atoms with Gasteiger partial charge in [0, 0.05) is 24.0 Å². The molecule has 41 heavy (non-hydrogen) atoms. The Morgan fingerprint density at radius 2 is 1.73 bits per heavy atom. The maximum Gasteiger partial charge on any atom is 0.244 e. The molecule has 1 saturated carbocycles. The van der Waals surface area contributed by atoms with Crippen molar-refractivity contribution < 1.29 is 14.4 Å². The molecule has 8 nitrogen and oxygen atoms in total. The van der Waals surface area contributed by atoms with Crippen LogP contribution in [-0.4, -0.2) is 46.2 Å². The molecule has 5 aliphatic rings. The van der Waals surface area contributed by atoms with Crippen LogP contribution in [0, 0.1) is 0 Å². The van der Waals surface area contributed by atoms with Crippen LogP contribution >= 0.6 is 0 Å². The first-order chi connectivity index (χ1) is 19.9. The summed E-state index contributed by atoms with van der Waals surface area (Å²) in [5, 5.41) is 9.72. The topological polar surface area (TPSA) is 103 Å². The Kier molecular flexibility index (Phi) is 5.27. The van der Waals surface area contributed by atoms with E-state index in [1.165, 1.54) is 5.56 Å². The molecule has 2 aliphatic heterocycles. The first-order valence-electron chi connectivity index (χ1n) is 14.8. The molecule has 3 spiro atoms. The van der Waals surface area contributed by atoms with Crippen molar-refractivity contribution in [2.45, 2.75) is 67.9 Å². The van der Waals surface area contributed by atoms with Gasteiger partial charge in [-0.05, 0) is 79.0 Å². The molecule has 2 unspecified atom stereocenters. The lowest BCUT2D eigenvalue weighted by molar-refractivity contribution is -0.154. The Morgan fingerprint density at radius 3 is 2.61 bits per heavy atom. The van der Waals surface area contributed by atoms with Crippen molar-refractivity contribution in [3.63, 3.8) is 0 Å². The third-order valence-electron chi connectivity index (χ3n) is 10.4. The Morgan fingerprint density at radius 1 is 0.927 bits per heavy atom. The van der Waals surface area contributed by atoms with Crippen molar-refractivity contribution in [1.82, 2.24) is 15.2 Å². The van der Waals surface area contributed by atoms with E-state index < -0.39 is 16.5 Å². The van der Waals surface area contributed by atoms with Gasteiger partial charge in [-0.2, -0.15) is 0 Å². The minimum Gasteiger partial charge on any atom is -0.325 e. The Hall–Kier alpha value is -4.04. The standard InChI is InChI=1S/C33H33N5O3/c39-27(36-24-10-9-22-17-31(18-23(22)16-24)26-8-5-15-34-28(26)37-29(31)40)19-38-30(41)32(12-3-4-13-32)35-20-33(38)14-11-21-6-1-2-7-25(21)33/h1-2,5-10,15-16,35H,3-4,11-14,17-20H2,(H,36,39)(H,34,37,40). The van der Waals surface area contributed by atoms with Crippen LogP contribution in [0.5, 0.6) is 0 Å². The number of hydrogen-bond acceptors (Lipinski definition) is 5. The number of piperazine rings is 1. The summed E-state index contributed by atoms with van der Waals surface area (Å²) in [5.41, 5.74) is 4.49. The lowest BCUT2D eigenvalue weighted by Gasteiger charge is -2.52. The summed E-state index contributed by atoms with van der Waals surface area (Å²) in [6.45, 7) is 0.682. The van der Waals surface area contributed by atoms with Crippen molar-refractivity contribution in [2.24, 2.45) is 0 Å². The SMILES string of the molecule is O=C(CN1C(=O)C2(CCCC2)NCC12CCc1ccccc12)Nc1ccc2c(c1)CC1(C2)C(=O)Nc2ncccc21. The van der Waals surface area contributed by atoms with Gasteiger partial charge in [-0.1, -0.05) is 49.2 Å². The maximum absolute atomic E-state index is 14.2. The summed E-state index contributed by atoms with van der Waals surface area (Å²) in [5.74, 6) is 0.483. The van der Waals surface area contributed by atoms with Crippen molar-refractivity contribution in [1.29, 1.82) is 0 Å². The molecule has 2 atom stereocenters. The van der Waals surface area contributed by atoms with Crippen molar-refractivity contribution >= 4 is 29.2 Å². The molecular formula is C33H33N5O3. The van der Waals surface area contributed by atoms with Gasteiger partial charge in [0.15, 0.2) is 0 Å². The molecule has 1 aromatic heterocycles. The lowest BCUT2D eigenvalue weighted by atomic mass is 9.79. The number of benzene rings is 2. The Bertz CT molecular complexity index is 1630. The van der Waals surface area contributed by atoms with E-state index in [0.717, 1.165) is 60.8 Å². The second-order valence-electron chi connectivity index (χ2n) is 12.5. The number of rotatable bonds is 3. The van der Waals surface area contributed by atoms with Crippen LogP contribution < -0.4 is 16.0 Å². The zero-order chi connectivity index (χ0) is 27.8. The minimum atomic E-state index is -0.653. The molecule has 0 bridgehead atoms. The molecule has 1 saturated heterocycles. The van der Waals surface area contributed by atoms with E-state index in [2.05, 4.69) is 33.1 Å². The number of amides is 3. The van der Waals surface area contributed by atoms with Crippen LogP contribution in [0.4, 0.5) is 11.5 Å². The van der Waals surface area contributed by atoms with Crippen LogP contribution in [0.1, 0.15) is 59.9 Å². The van der Waals surface area contributed by atoms with Gasteiger partial charge in [-0.25, -0.2) is 4.98 Å². The molecule has 3 N–H and O–H groups in total. The molecule has 3 heterocycles. The van der Waals surface area contributed by atoms with Gasteiger partial charge in [0.25, 0.3) is 0 Å². The molecule has 208 valence electrons. The quantitative estimate of drug-likeness (QED) is 0.465. The molecule has 3 aliphatic carbocycles. The highest BCUT2D eigenvalue weighted by molar-refractivity contribution is 6.06. The second kappa shape index (κ2) is 8.73. The van der Waals surface area contributed by atoms with E-state index >= 15 is 0 Å². The number of anilines is 2. The maximum atomic E-state index is 14.2. The number of aryl methyl sites for hydroxylation is 1. The third-order valence-corrected chi connectivity index (χ3v) is 10.4. The van der Waals surface area contributed by atoms with E-state index in [-0.39, 0.29) is 24.3 Å². The second-order valence-corrected chi connectivity index (χ2v) is 12.5. The van der Waals surface area contributed by atoms with Crippen LogP contribution in [0.25, 0.3) is 0 Å². The van der Waals surface area contributed by atoms with Gasteiger partial charge in [0.1, 0.15) is 12.4 Å². The zero-order valence-electron chi connectivity index (χ0n) is 23.0. The van der Waals surface area contributed by atoms with Crippen molar-refractivity contribution in [3.05, 3.63) is 88.6 Å². The molecule has 8 heteroatoms. The van der Waals surface area contributed by atoms with Crippen LogP contribution in [0.2, 0.25) is 0 Å². The van der Waals surface area contributed by atoms with Crippen LogP contribution in [-0.2, 0) is 44.6 Å². The number of nitrogens with one attached hydrogen (secondary N) is 3. The number of hydrogen-bond donors (Lipinski definition) is 3. The van der Waals surface area contributed by atoms with E-state index in [1.807, 2.05) is 47.4 Å². The van der Waals surface area contributed by atoms with Gasteiger partial charge >= 0.3 is 0 Å². The fourth-order valence-electron chi connectivity index (χ4n) is 8.35. The fraction of sp³-hybridized carbons (Fsp3) is 0.394. The predicted octanol–water partition coefficient (Wildman–Crippen LogP) is 3.60. The Labute approximate surface area is 238 Å². The molecule has 0 radical (unpaired) electrons. The minimum absolute atomic E-state index is 0.0130. The Balaban J connectivity index is 1.06. The molecule has 3 aromatic rings. The molecular weight excluding hydrogens is 514 g/mol. The average molecular weight is 548 g/mol. The summed E-state index contributed by atoms with van der Waals surface area (Å²) in [7, 11) is 0. The van der Waals surface area contributed by atoms with Gasteiger partial charge in [-0.15, -0.1) is 0 Å². The number of carbonyl (C=O) groups is 3. The summed E-state index contributed by atoms with van der Waals surface area (Å²) in [4.78, 5) is 47.2. The number of aromatic nitrogens is 1. The van der Waals surface area contributed by atoms with E-state index in [1.54, 1.807) is 6.20 Å². The number of nitrogens with zero attached hydrogens (tertiary/aromatic N) is 2. The third kappa shape index (κ3) is 3.49. The molecule has 2 aromatic carbocycles. The van der Waals surface area contributed by atoms with E-state index in [0.29, 0.717) is 30.9 Å². The highest BCUT2D eigenvalue weighted by atomic mass is 16.2. The first-order valence-corrected chi connectivity index (χ1v) is 14.8. The largest absolute Gasteiger partial charge is 0.325 e. The van der Waals surface area contributed by atoms with Gasteiger partial charge < -0.3 is 20.9 Å². The van der Waals surface area contributed by atoms with Crippen molar-refractivity contribution in [3.8, 4) is 0 Å². The molecule has 2 fully saturated rings. The summed E-state index contributed by atoms with van der Waals surface area (Å²) >= 11 is 0. The predicted molar refractivity (Wildman–Crippen MR) is 154 cm³/mol. The number of pyridine rings is 1. The average Bonchev–Trinajstić information content (AvgIpc) is 3.75. The summed E-state index contributed by atoms with van der Waals surface area (Å²) in [6, 6.07) is 18.1. The smallest absolute Gasteiger partial charge is 0.244 e. The van der Waals surface area contributed by atoms with Crippen LogP contribution in [0.15, 0.2) is 60.8 Å². The molecule has 8 rings (SSSR count). The summed E-state index contributed by atoms with van der Waals surface area (Å²) < 4.78 is 0. The van der Waals surface area contributed by atoms with Gasteiger partial charge in [0.2, 0.25) is 17.7 Å². The number of fused-ring (bicyclic) bond motifs is 5. The summed E-state index contributed by atoms with van der Waals surface area (Å²) in [6.07, 6.45) is 8.27. The van der Waals surface area contributed by atoms with Gasteiger partial charge in [0.05, 0.1) is 16.5 Å².